The van der Waals surface area contributed by atoms with Crippen LogP contribution < -0.4 is 4.74 Å². The lowest BCUT2D eigenvalue weighted by molar-refractivity contribution is 0.172. The number of aryl methyl sites for hydroxylation is 1. The van der Waals surface area contributed by atoms with E-state index in [1.54, 1.807) is 19.2 Å². The highest BCUT2D eigenvalue weighted by Gasteiger charge is 2.32. The van der Waals surface area contributed by atoms with Crippen molar-refractivity contribution >= 4 is 0 Å². The summed E-state index contributed by atoms with van der Waals surface area (Å²) in [5.74, 6) is 0.522. The van der Waals surface area contributed by atoms with Gasteiger partial charge in [-0.15, -0.1) is 0 Å². The minimum absolute atomic E-state index is 0.00555. The van der Waals surface area contributed by atoms with Gasteiger partial charge in [-0.25, -0.2) is 4.39 Å². The number of β-amino-alcohol motifs (C(OH)–C–C–N with tert-alkyl or cyclic N) is 1. The van der Waals surface area contributed by atoms with Gasteiger partial charge in [0.05, 0.1) is 18.9 Å². The van der Waals surface area contributed by atoms with E-state index < -0.39 is 6.10 Å². The molecule has 0 amide bonds. The van der Waals surface area contributed by atoms with Crippen LogP contribution in [-0.4, -0.2) is 34.7 Å². The number of hydrogen-bond donors (Lipinski definition) is 1. The second kappa shape index (κ2) is 6.64. The van der Waals surface area contributed by atoms with Gasteiger partial charge in [-0.3, -0.25) is 9.88 Å². The molecule has 4 nitrogen and oxygen atoms in total. The van der Waals surface area contributed by atoms with Crippen LogP contribution >= 0.6 is 0 Å². The number of benzene rings is 1. The molecule has 0 saturated carbocycles. The molecule has 0 spiro atoms. The van der Waals surface area contributed by atoms with Gasteiger partial charge in [0.2, 0.25) is 0 Å². The largest absolute Gasteiger partial charge is 0.497 e. The number of halogens is 1. The van der Waals surface area contributed by atoms with Gasteiger partial charge in [-0.1, -0.05) is 12.1 Å². The van der Waals surface area contributed by atoms with Crippen LogP contribution in [-0.2, 0) is 6.54 Å². The molecule has 1 saturated heterocycles. The highest BCUT2D eigenvalue weighted by atomic mass is 19.1. The van der Waals surface area contributed by atoms with Crippen molar-refractivity contribution in [3.8, 4) is 5.75 Å². The summed E-state index contributed by atoms with van der Waals surface area (Å²) in [5, 5.41) is 10.1. The standard InChI is InChI=1S/C18H21FN2O2/c1-12-6-17(23-2)8-15(20-12)10-21-11-16(22)9-18(21)13-4-3-5-14(19)7-13/h3-8,16,18,22H,9-11H2,1-2H3/t16-,18+/m0/s1. The molecule has 23 heavy (non-hydrogen) atoms. The number of methoxy groups -OCH3 is 1. The third-order valence-electron chi connectivity index (χ3n) is 4.20. The van der Waals surface area contributed by atoms with Crippen molar-refractivity contribution in [2.75, 3.05) is 13.7 Å². The summed E-state index contributed by atoms with van der Waals surface area (Å²) in [6, 6.07) is 10.4. The fraction of sp³-hybridized carbons (Fsp3) is 0.389. The molecule has 0 unspecified atom stereocenters. The Bertz CT molecular complexity index is 692. The Balaban J connectivity index is 1.84. The van der Waals surface area contributed by atoms with Crippen LogP contribution in [0.15, 0.2) is 36.4 Å². The van der Waals surface area contributed by atoms with E-state index in [0.29, 0.717) is 19.5 Å². The molecule has 0 aliphatic carbocycles. The summed E-state index contributed by atoms with van der Waals surface area (Å²) >= 11 is 0. The van der Waals surface area contributed by atoms with Crippen LogP contribution in [0.5, 0.6) is 5.75 Å². The van der Waals surface area contributed by atoms with E-state index in [-0.39, 0.29) is 11.9 Å². The Morgan fingerprint density at radius 1 is 1.35 bits per heavy atom. The molecule has 1 aliphatic rings. The van der Waals surface area contributed by atoms with E-state index in [0.717, 1.165) is 22.7 Å². The van der Waals surface area contributed by atoms with Crippen molar-refractivity contribution < 1.29 is 14.2 Å². The lowest BCUT2D eigenvalue weighted by atomic mass is 10.0. The Hall–Kier alpha value is -1.98. The Morgan fingerprint density at radius 3 is 2.91 bits per heavy atom. The molecule has 1 aliphatic heterocycles. The van der Waals surface area contributed by atoms with Crippen molar-refractivity contribution in [3.63, 3.8) is 0 Å². The van der Waals surface area contributed by atoms with E-state index in [1.807, 2.05) is 25.1 Å². The van der Waals surface area contributed by atoms with Gasteiger partial charge in [-0.2, -0.15) is 0 Å². The lowest BCUT2D eigenvalue weighted by Gasteiger charge is -2.24. The number of pyridine rings is 1. The molecule has 3 rings (SSSR count). The fourth-order valence-electron chi connectivity index (χ4n) is 3.22. The van der Waals surface area contributed by atoms with Crippen molar-refractivity contribution in [2.45, 2.75) is 32.0 Å². The molecule has 1 N–H and O–H groups in total. The number of rotatable bonds is 4. The van der Waals surface area contributed by atoms with Crippen molar-refractivity contribution in [1.29, 1.82) is 0 Å². The van der Waals surface area contributed by atoms with Gasteiger partial charge in [0, 0.05) is 37.0 Å². The molecule has 1 fully saturated rings. The molecular weight excluding hydrogens is 295 g/mol. The molecule has 2 atom stereocenters. The molecule has 1 aromatic carbocycles. The summed E-state index contributed by atoms with van der Waals surface area (Å²) < 4.78 is 18.8. The first-order valence-corrected chi connectivity index (χ1v) is 7.74. The molecule has 2 heterocycles. The number of nitrogens with zero attached hydrogens (tertiary/aromatic N) is 2. The van der Waals surface area contributed by atoms with Crippen LogP contribution in [0.4, 0.5) is 4.39 Å². The molecule has 5 heteroatoms. The van der Waals surface area contributed by atoms with Crippen LogP contribution in [0.1, 0.15) is 29.4 Å². The van der Waals surface area contributed by atoms with Crippen molar-refractivity contribution in [1.82, 2.24) is 9.88 Å². The highest BCUT2D eigenvalue weighted by molar-refractivity contribution is 5.27. The molecule has 0 bridgehead atoms. The summed E-state index contributed by atoms with van der Waals surface area (Å²) in [4.78, 5) is 6.68. The quantitative estimate of drug-likeness (QED) is 0.942. The van der Waals surface area contributed by atoms with Gasteiger partial charge in [0.25, 0.3) is 0 Å². The molecule has 2 aromatic rings. The van der Waals surface area contributed by atoms with Crippen molar-refractivity contribution in [3.05, 3.63) is 59.2 Å². The average Bonchev–Trinajstić information content (AvgIpc) is 2.87. The predicted molar refractivity (Wildman–Crippen MR) is 85.7 cm³/mol. The summed E-state index contributed by atoms with van der Waals surface area (Å²) in [6.07, 6.45) is 0.196. The monoisotopic (exact) mass is 316 g/mol. The molecular formula is C18H21FN2O2. The number of likely N-dealkylation sites (tertiary alicyclic amines) is 1. The molecule has 122 valence electrons. The van der Waals surface area contributed by atoms with Crippen LogP contribution in [0, 0.1) is 12.7 Å². The Kier molecular flexibility index (Phi) is 4.59. The highest BCUT2D eigenvalue weighted by Crippen LogP contribution is 2.33. The smallest absolute Gasteiger partial charge is 0.123 e. The van der Waals surface area contributed by atoms with Crippen LogP contribution in [0.2, 0.25) is 0 Å². The predicted octanol–water partition coefficient (Wildman–Crippen LogP) is 2.85. The SMILES string of the molecule is COc1cc(C)nc(CN2C[C@@H](O)C[C@@H]2c2cccc(F)c2)c1. The number of aliphatic hydroxyl groups is 1. The maximum atomic E-state index is 13.5. The maximum Gasteiger partial charge on any atom is 0.123 e. The zero-order chi connectivity index (χ0) is 16.4. The summed E-state index contributed by atoms with van der Waals surface area (Å²) in [6.45, 7) is 3.07. The van der Waals surface area contributed by atoms with E-state index in [4.69, 9.17) is 4.74 Å². The van der Waals surface area contributed by atoms with Crippen LogP contribution in [0.3, 0.4) is 0 Å². The van der Waals surface area contributed by atoms with E-state index in [1.165, 1.54) is 6.07 Å². The minimum Gasteiger partial charge on any atom is -0.497 e. The second-order valence-electron chi connectivity index (χ2n) is 6.03. The first kappa shape index (κ1) is 15.9. The first-order chi connectivity index (χ1) is 11.0. The summed E-state index contributed by atoms with van der Waals surface area (Å²) in [5.41, 5.74) is 2.67. The fourth-order valence-corrected chi connectivity index (χ4v) is 3.22. The Morgan fingerprint density at radius 2 is 2.17 bits per heavy atom. The second-order valence-corrected chi connectivity index (χ2v) is 6.03. The van der Waals surface area contributed by atoms with Crippen LogP contribution in [0.25, 0.3) is 0 Å². The van der Waals surface area contributed by atoms with Gasteiger partial charge in [-0.05, 0) is 31.0 Å². The van der Waals surface area contributed by atoms with Gasteiger partial charge < -0.3 is 9.84 Å². The van der Waals surface area contributed by atoms with Gasteiger partial charge in [0.1, 0.15) is 11.6 Å². The number of aliphatic hydroxyl groups excluding tert-OH is 1. The number of ether oxygens (including phenoxy) is 1. The summed E-state index contributed by atoms with van der Waals surface area (Å²) in [7, 11) is 1.63. The zero-order valence-corrected chi connectivity index (χ0v) is 13.4. The maximum absolute atomic E-state index is 13.5. The minimum atomic E-state index is -0.407. The molecule has 1 aromatic heterocycles. The Labute approximate surface area is 135 Å². The van der Waals surface area contributed by atoms with E-state index >= 15 is 0 Å². The third-order valence-corrected chi connectivity index (χ3v) is 4.20. The first-order valence-electron chi connectivity index (χ1n) is 7.74. The number of hydrogen-bond acceptors (Lipinski definition) is 4. The third kappa shape index (κ3) is 3.68. The topological polar surface area (TPSA) is 45.6 Å². The van der Waals surface area contributed by atoms with E-state index in [9.17, 15) is 9.50 Å². The number of aromatic nitrogens is 1. The molecule has 0 radical (unpaired) electrons. The van der Waals surface area contributed by atoms with E-state index in [2.05, 4.69) is 9.88 Å². The zero-order valence-electron chi connectivity index (χ0n) is 13.4. The average molecular weight is 316 g/mol. The van der Waals surface area contributed by atoms with Gasteiger partial charge in [0.15, 0.2) is 0 Å². The van der Waals surface area contributed by atoms with Crippen molar-refractivity contribution in [2.24, 2.45) is 0 Å². The van der Waals surface area contributed by atoms with Gasteiger partial charge >= 0.3 is 0 Å². The normalized spacial score (nSPS) is 21.6. The lowest BCUT2D eigenvalue weighted by Crippen LogP contribution is -2.25.